The molecule has 0 saturated carbocycles. The van der Waals surface area contributed by atoms with E-state index >= 15 is 0 Å². The van der Waals surface area contributed by atoms with Crippen molar-refractivity contribution >= 4 is 32.8 Å². The Morgan fingerprint density at radius 3 is 1.71 bits per heavy atom. The Labute approximate surface area is 236 Å². The fourth-order valence-corrected chi connectivity index (χ4v) is 5.58. The van der Waals surface area contributed by atoms with Gasteiger partial charge in [-0.05, 0) is 18.2 Å². The van der Waals surface area contributed by atoms with Gasteiger partial charge in [0.1, 0.15) is 11.2 Å². The summed E-state index contributed by atoms with van der Waals surface area (Å²) in [6, 6.07) is 47.1. The van der Waals surface area contributed by atoms with Gasteiger partial charge in [0.2, 0.25) is 0 Å². The minimum Gasteiger partial charge on any atom is -0.455 e. The number of benzene rings is 5. The highest BCUT2D eigenvalue weighted by Crippen LogP contribution is 2.42. The van der Waals surface area contributed by atoms with Gasteiger partial charge in [0.25, 0.3) is 0 Å². The number of rotatable bonds is 4. The third kappa shape index (κ3) is 3.97. The smallest absolute Gasteiger partial charge is 0.161 e. The molecule has 0 aliphatic heterocycles. The van der Waals surface area contributed by atoms with Gasteiger partial charge in [-0.15, -0.1) is 0 Å². The monoisotopic (exact) mass is 525 g/mol. The first-order chi connectivity index (χ1) is 20.3. The molecule has 0 atom stereocenters. The maximum atomic E-state index is 6.62. The third-order valence-electron chi connectivity index (χ3n) is 7.49. The number of nitrogens with zero attached hydrogens (tertiary/aromatic N) is 3. The molecule has 5 aromatic carbocycles. The summed E-state index contributed by atoms with van der Waals surface area (Å²) in [4.78, 5) is 15.4. The number of hydrogen-bond donors (Lipinski definition) is 0. The van der Waals surface area contributed by atoms with Crippen molar-refractivity contribution in [1.82, 2.24) is 15.0 Å². The molecule has 8 rings (SSSR count). The molecule has 4 nitrogen and oxygen atoms in total. The molecule has 0 unspecified atom stereocenters. The van der Waals surface area contributed by atoms with Crippen LogP contribution < -0.4 is 0 Å². The molecule has 0 N–H and O–H groups in total. The minimum absolute atomic E-state index is 0.631. The highest BCUT2D eigenvalue weighted by atomic mass is 16.3. The Kier molecular flexibility index (Phi) is 5.42. The zero-order valence-corrected chi connectivity index (χ0v) is 22.0. The maximum absolute atomic E-state index is 6.62. The summed E-state index contributed by atoms with van der Waals surface area (Å²) in [5, 5.41) is 2.94. The quantitative estimate of drug-likeness (QED) is 0.230. The molecule has 0 aliphatic carbocycles. The van der Waals surface area contributed by atoms with Gasteiger partial charge in [-0.3, -0.25) is 0 Å². The van der Waals surface area contributed by atoms with Gasteiger partial charge in [0.15, 0.2) is 5.82 Å². The Morgan fingerprint density at radius 2 is 1.05 bits per heavy atom. The highest BCUT2D eigenvalue weighted by molar-refractivity contribution is 6.21. The van der Waals surface area contributed by atoms with Crippen LogP contribution >= 0.6 is 0 Å². The lowest BCUT2D eigenvalue weighted by Gasteiger charge is -2.12. The van der Waals surface area contributed by atoms with Crippen molar-refractivity contribution in [3.05, 3.63) is 140 Å². The molecule has 0 spiro atoms. The van der Waals surface area contributed by atoms with E-state index in [-0.39, 0.29) is 0 Å². The number of hydrogen-bond acceptors (Lipinski definition) is 4. The van der Waals surface area contributed by atoms with E-state index in [9.17, 15) is 0 Å². The summed E-state index contributed by atoms with van der Waals surface area (Å²) in [6.45, 7) is 0. The summed E-state index contributed by atoms with van der Waals surface area (Å²) >= 11 is 0. The van der Waals surface area contributed by atoms with Gasteiger partial charge < -0.3 is 4.42 Å². The van der Waals surface area contributed by atoms with Gasteiger partial charge in [0.05, 0.1) is 33.4 Å². The van der Waals surface area contributed by atoms with E-state index in [1.807, 2.05) is 84.9 Å². The van der Waals surface area contributed by atoms with Crippen molar-refractivity contribution in [3.63, 3.8) is 0 Å². The van der Waals surface area contributed by atoms with Crippen LogP contribution in [0.5, 0.6) is 0 Å². The molecule has 3 aromatic heterocycles. The van der Waals surface area contributed by atoms with Gasteiger partial charge in [-0.25, -0.2) is 15.0 Å². The average molecular weight is 526 g/mol. The van der Waals surface area contributed by atoms with Crippen LogP contribution in [-0.2, 0) is 0 Å². The number of furan rings is 1. The summed E-state index contributed by atoms with van der Waals surface area (Å²) in [7, 11) is 0. The summed E-state index contributed by atoms with van der Waals surface area (Å²) in [5.74, 6) is 0.631. The lowest BCUT2D eigenvalue weighted by atomic mass is 9.99. The molecule has 0 fully saturated rings. The molecule has 3 heterocycles. The molecular weight excluding hydrogens is 502 g/mol. The van der Waals surface area contributed by atoms with Crippen LogP contribution in [0.15, 0.2) is 144 Å². The second-order valence-corrected chi connectivity index (χ2v) is 10.0. The lowest BCUT2D eigenvalue weighted by molar-refractivity contribution is 0.672. The zero-order valence-electron chi connectivity index (χ0n) is 22.0. The van der Waals surface area contributed by atoms with Crippen molar-refractivity contribution in [2.75, 3.05) is 0 Å². The van der Waals surface area contributed by atoms with E-state index in [1.165, 1.54) is 0 Å². The lowest BCUT2D eigenvalue weighted by Crippen LogP contribution is -1.97. The van der Waals surface area contributed by atoms with Gasteiger partial charge in [-0.2, -0.15) is 0 Å². The Morgan fingerprint density at radius 1 is 0.463 bits per heavy atom. The minimum atomic E-state index is 0.631. The predicted octanol–water partition coefficient (Wildman–Crippen LogP) is 9.59. The van der Waals surface area contributed by atoms with E-state index in [0.717, 1.165) is 72.2 Å². The van der Waals surface area contributed by atoms with Crippen LogP contribution in [0.3, 0.4) is 0 Å². The molecule has 0 aliphatic rings. The fraction of sp³-hybridized carbons (Fsp3) is 0. The van der Waals surface area contributed by atoms with Gasteiger partial charge in [-0.1, -0.05) is 121 Å². The number of pyridine rings is 1. The van der Waals surface area contributed by atoms with Crippen LogP contribution in [0.25, 0.3) is 78.0 Å². The molecule has 0 amide bonds. The van der Waals surface area contributed by atoms with E-state index < -0.39 is 0 Å². The Balaban J connectivity index is 1.47. The Hall–Kier alpha value is -5.61. The van der Waals surface area contributed by atoms with Gasteiger partial charge >= 0.3 is 0 Å². The van der Waals surface area contributed by atoms with Crippen molar-refractivity contribution in [3.8, 4) is 45.2 Å². The van der Waals surface area contributed by atoms with E-state index in [0.29, 0.717) is 5.82 Å². The first kappa shape index (κ1) is 23.3. The SMILES string of the molecule is c1ccc(-c2cc(-c3ccccc3)nc(-c3cccc4nc(-c5ccccc5)c5c6ccccc6oc5c34)n2)cc1. The number of aromatic nitrogens is 3. The van der Waals surface area contributed by atoms with E-state index in [2.05, 4.69) is 54.6 Å². The van der Waals surface area contributed by atoms with Crippen LogP contribution in [0.4, 0.5) is 0 Å². The zero-order chi connectivity index (χ0) is 27.2. The molecule has 0 saturated heterocycles. The number of fused-ring (bicyclic) bond motifs is 5. The van der Waals surface area contributed by atoms with Crippen LogP contribution in [0.1, 0.15) is 0 Å². The predicted molar refractivity (Wildman–Crippen MR) is 166 cm³/mol. The van der Waals surface area contributed by atoms with Gasteiger partial charge in [0, 0.05) is 27.6 Å². The fourth-order valence-electron chi connectivity index (χ4n) is 5.58. The maximum Gasteiger partial charge on any atom is 0.161 e. The second-order valence-electron chi connectivity index (χ2n) is 10.0. The summed E-state index contributed by atoms with van der Waals surface area (Å²) in [6.07, 6.45) is 0. The molecular formula is C37H23N3O. The average Bonchev–Trinajstić information content (AvgIpc) is 3.45. The second kappa shape index (κ2) is 9.54. The van der Waals surface area contributed by atoms with E-state index in [4.69, 9.17) is 19.4 Å². The third-order valence-corrected chi connectivity index (χ3v) is 7.49. The molecule has 8 aromatic rings. The van der Waals surface area contributed by atoms with Crippen molar-refractivity contribution in [1.29, 1.82) is 0 Å². The first-order valence-corrected chi connectivity index (χ1v) is 13.6. The molecule has 4 heteroatoms. The molecule has 41 heavy (non-hydrogen) atoms. The first-order valence-electron chi connectivity index (χ1n) is 13.6. The van der Waals surface area contributed by atoms with E-state index in [1.54, 1.807) is 0 Å². The van der Waals surface area contributed by atoms with Crippen molar-refractivity contribution in [2.24, 2.45) is 0 Å². The van der Waals surface area contributed by atoms with Crippen molar-refractivity contribution in [2.45, 2.75) is 0 Å². The molecule has 0 radical (unpaired) electrons. The van der Waals surface area contributed by atoms with Crippen LogP contribution in [0, 0.1) is 0 Å². The molecule has 0 bridgehead atoms. The summed E-state index contributed by atoms with van der Waals surface area (Å²) < 4.78 is 6.62. The topological polar surface area (TPSA) is 51.8 Å². The largest absolute Gasteiger partial charge is 0.455 e. The normalized spacial score (nSPS) is 11.4. The van der Waals surface area contributed by atoms with Crippen molar-refractivity contribution < 1.29 is 4.42 Å². The molecule has 192 valence electrons. The standard InChI is InChI=1S/C37H23N3O/c1-4-13-24(14-5-1)30-23-31(25-15-6-2-7-16-25)40-37(39-30)28-20-12-21-29-33(28)36-34(27-19-10-11-22-32(27)41-36)35(38-29)26-17-8-3-9-18-26/h1-23H. The number of para-hydroxylation sites is 1. The van der Waals surface area contributed by atoms with Crippen LogP contribution in [-0.4, -0.2) is 15.0 Å². The van der Waals surface area contributed by atoms with Crippen LogP contribution in [0.2, 0.25) is 0 Å². The Bertz CT molecular complexity index is 2130. The highest BCUT2D eigenvalue weighted by Gasteiger charge is 2.21. The summed E-state index contributed by atoms with van der Waals surface area (Å²) in [5.41, 5.74) is 9.08.